The van der Waals surface area contributed by atoms with Gasteiger partial charge in [0.25, 0.3) is 0 Å². The number of fused-ring (bicyclic) bond motifs is 1. The molecule has 0 amide bonds. The van der Waals surface area contributed by atoms with Gasteiger partial charge in [-0.05, 0) is 0 Å². The molecule has 17 heavy (non-hydrogen) atoms. The van der Waals surface area contributed by atoms with Crippen molar-refractivity contribution in [1.82, 2.24) is 5.16 Å². The minimum atomic E-state index is -0.739. The molecule has 0 radical (unpaired) electrons. The van der Waals surface area contributed by atoms with Crippen LogP contribution in [0.4, 0.5) is 14.7 Å². The highest BCUT2D eigenvalue weighted by Gasteiger charge is 2.26. The molecule has 88 valence electrons. The van der Waals surface area contributed by atoms with Gasteiger partial charge in [0, 0.05) is 24.1 Å². The van der Waals surface area contributed by atoms with Crippen LogP contribution in [0.25, 0.3) is 11.3 Å². The number of halogens is 2. The highest BCUT2D eigenvalue weighted by atomic mass is 19.1. The molecule has 0 saturated carbocycles. The average Bonchev–Trinajstić information content (AvgIpc) is 2.87. The van der Waals surface area contributed by atoms with Crippen LogP contribution in [-0.2, 0) is 6.42 Å². The van der Waals surface area contributed by atoms with Crippen molar-refractivity contribution < 1.29 is 18.0 Å². The zero-order chi connectivity index (χ0) is 12.0. The first-order valence-corrected chi connectivity index (χ1v) is 5.03. The summed E-state index contributed by atoms with van der Waals surface area (Å²) >= 11 is 0. The topological polar surface area (TPSA) is 61.3 Å². The molecule has 1 aromatic heterocycles. The summed E-state index contributed by atoms with van der Waals surface area (Å²) in [5.41, 5.74) is 6.04. The second kappa shape index (κ2) is 3.44. The summed E-state index contributed by atoms with van der Waals surface area (Å²) in [7, 11) is 0. The molecule has 1 aromatic carbocycles. The lowest BCUT2D eigenvalue weighted by molar-refractivity contribution is 0.356. The van der Waals surface area contributed by atoms with Gasteiger partial charge >= 0.3 is 0 Å². The maximum atomic E-state index is 13.8. The Kier molecular flexibility index (Phi) is 2.04. The van der Waals surface area contributed by atoms with Crippen LogP contribution in [0.3, 0.4) is 0 Å². The van der Waals surface area contributed by atoms with E-state index >= 15 is 0 Å². The van der Waals surface area contributed by atoms with E-state index < -0.39 is 11.6 Å². The summed E-state index contributed by atoms with van der Waals surface area (Å²) in [6, 6.07) is 2.20. The fourth-order valence-corrected chi connectivity index (χ4v) is 1.93. The first-order chi connectivity index (χ1) is 8.16. The van der Waals surface area contributed by atoms with Gasteiger partial charge in [-0.25, -0.2) is 8.78 Å². The lowest BCUT2D eigenvalue weighted by Crippen LogP contribution is -1.94. The Labute approximate surface area is 95.0 Å². The van der Waals surface area contributed by atoms with E-state index in [1.54, 1.807) is 0 Å². The zero-order valence-corrected chi connectivity index (χ0v) is 8.67. The molecule has 0 aliphatic carbocycles. The Morgan fingerprint density at radius 1 is 1.24 bits per heavy atom. The molecule has 0 bridgehead atoms. The maximum absolute atomic E-state index is 13.8. The molecule has 4 nitrogen and oxygen atoms in total. The Morgan fingerprint density at radius 3 is 2.76 bits per heavy atom. The summed E-state index contributed by atoms with van der Waals surface area (Å²) in [5, 5.41) is 3.61. The van der Waals surface area contributed by atoms with E-state index in [0.717, 1.165) is 6.07 Å². The van der Waals surface area contributed by atoms with Crippen molar-refractivity contribution in [3.05, 3.63) is 29.3 Å². The number of nitrogens with zero attached hydrogens (tertiary/aromatic N) is 1. The fraction of sp³-hybridized carbons (Fsp3) is 0.182. The second-order valence-corrected chi connectivity index (χ2v) is 3.74. The van der Waals surface area contributed by atoms with Crippen LogP contribution in [0.1, 0.15) is 5.56 Å². The van der Waals surface area contributed by atoms with Gasteiger partial charge < -0.3 is 15.0 Å². The number of hydrogen-bond acceptors (Lipinski definition) is 4. The van der Waals surface area contributed by atoms with Gasteiger partial charge in [0.1, 0.15) is 23.1 Å². The van der Waals surface area contributed by atoms with E-state index in [-0.39, 0.29) is 22.9 Å². The number of nitrogens with two attached hydrogens (primary N) is 1. The lowest BCUT2D eigenvalue weighted by Gasteiger charge is -2.07. The van der Waals surface area contributed by atoms with E-state index in [4.69, 9.17) is 10.5 Å². The molecule has 3 rings (SSSR count). The molecular weight excluding hydrogens is 230 g/mol. The number of rotatable bonds is 1. The smallest absolute Gasteiger partial charge is 0.222 e. The van der Waals surface area contributed by atoms with Gasteiger partial charge in [-0.15, -0.1) is 0 Å². The van der Waals surface area contributed by atoms with Crippen LogP contribution in [0.5, 0.6) is 5.75 Å². The number of nitrogen functional groups attached to an aromatic ring is 1. The predicted octanol–water partition coefficient (Wildman–Crippen LogP) is 2.14. The summed E-state index contributed by atoms with van der Waals surface area (Å²) in [6.45, 7) is 0.329. The van der Waals surface area contributed by atoms with Gasteiger partial charge in [0.15, 0.2) is 0 Å². The Bertz CT molecular complexity index is 595. The largest absolute Gasteiger partial charge is 0.492 e. The Hall–Kier alpha value is -2.11. The molecule has 1 aliphatic heterocycles. The molecular formula is C11H8F2N2O2. The van der Waals surface area contributed by atoms with E-state index in [2.05, 4.69) is 9.68 Å². The van der Waals surface area contributed by atoms with E-state index in [1.807, 2.05) is 0 Å². The van der Waals surface area contributed by atoms with Gasteiger partial charge in [0.05, 0.1) is 12.2 Å². The number of anilines is 1. The van der Waals surface area contributed by atoms with Crippen LogP contribution in [-0.4, -0.2) is 11.8 Å². The molecule has 0 saturated heterocycles. The monoisotopic (exact) mass is 238 g/mol. The third kappa shape index (κ3) is 1.44. The van der Waals surface area contributed by atoms with Crippen LogP contribution in [0, 0.1) is 11.6 Å². The van der Waals surface area contributed by atoms with Crippen molar-refractivity contribution in [2.75, 3.05) is 12.3 Å². The van der Waals surface area contributed by atoms with Crippen molar-refractivity contribution in [2.24, 2.45) is 0 Å². The quantitative estimate of drug-likeness (QED) is 0.826. The van der Waals surface area contributed by atoms with Gasteiger partial charge in [-0.3, -0.25) is 0 Å². The number of aromatic nitrogens is 1. The van der Waals surface area contributed by atoms with E-state index in [0.29, 0.717) is 18.6 Å². The van der Waals surface area contributed by atoms with Gasteiger partial charge in [-0.1, -0.05) is 5.16 Å². The van der Waals surface area contributed by atoms with Gasteiger partial charge in [-0.2, -0.15) is 0 Å². The lowest BCUT2D eigenvalue weighted by atomic mass is 10.0. The Morgan fingerprint density at radius 2 is 2.06 bits per heavy atom. The van der Waals surface area contributed by atoms with Crippen LogP contribution < -0.4 is 10.5 Å². The molecule has 2 N–H and O–H groups in total. The van der Waals surface area contributed by atoms with Gasteiger partial charge in [0.2, 0.25) is 5.88 Å². The molecule has 6 heteroatoms. The Balaban J connectivity index is 2.26. The van der Waals surface area contributed by atoms with Crippen molar-refractivity contribution in [2.45, 2.75) is 6.42 Å². The van der Waals surface area contributed by atoms with Crippen molar-refractivity contribution >= 4 is 5.88 Å². The van der Waals surface area contributed by atoms with Crippen LogP contribution in [0.15, 0.2) is 16.7 Å². The molecule has 0 atom stereocenters. The minimum absolute atomic E-state index is 0.0653. The van der Waals surface area contributed by atoms with Crippen molar-refractivity contribution in [1.29, 1.82) is 0 Å². The molecule has 0 spiro atoms. The highest BCUT2D eigenvalue weighted by Crippen LogP contribution is 2.40. The summed E-state index contributed by atoms with van der Waals surface area (Å²) in [5.74, 6) is -1.09. The zero-order valence-electron chi connectivity index (χ0n) is 8.67. The molecule has 1 aliphatic rings. The molecule has 2 heterocycles. The molecule has 0 unspecified atom stereocenters. The second-order valence-electron chi connectivity index (χ2n) is 3.74. The number of hydrogen-bond donors (Lipinski definition) is 1. The third-order valence-corrected chi connectivity index (χ3v) is 2.66. The predicted molar refractivity (Wildman–Crippen MR) is 55.5 cm³/mol. The molecule has 0 fully saturated rings. The van der Waals surface area contributed by atoms with Crippen molar-refractivity contribution in [3.8, 4) is 17.0 Å². The molecule has 2 aromatic rings. The fourth-order valence-electron chi connectivity index (χ4n) is 1.93. The summed E-state index contributed by atoms with van der Waals surface area (Å²) in [4.78, 5) is 0. The SMILES string of the molecule is Nc1cc(-c2c(F)cc(F)c3c2OCC3)no1. The average molecular weight is 238 g/mol. The highest BCUT2D eigenvalue weighted by molar-refractivity contribution is 5.72. The van der Waals surface area contributed by atoms with Crippen LogP contribution >= 0.6 is 0 Å². The first kappa shape index (κ1) is 10.1. The van der Waals surface area contributed by atoms with E-state index in [9.17, 15) is 8.78 Å². The normalized spacial score (nSPS) is 13.5. The first-order valence-electron chi connectivity index (χ1n) is 5.03. The minimum Gasteiger partial charge on any atom is -0.492 e. The summed E-state index contributed by atoms with van der Waals surface area (Å²) in [6.07, 6.45) is 0.418. The number of ether oxygens (including phenoxy) is 1. The number of benzene rings is 1. The maximum Gasteiger partial charge on any atom is 0.222 e. The van der Waals surface area contributed by atoms with Crippen molar-refractivity contribution in [3.63, 3.8) is 0 Å². The standard InChI is InChI=1S/C11H8F2N2O2/c12-6-3-7(13)10(8-4-9(14)17-15-8)11-5(6)1-2-16-11/h3-4H,1-2,14H2. The third-order valence-electron chi connectivity index (χ3n) is 2.66. The summed E-state index contributed by atoms with van der Waals surface area (Å²) < 4.78 is 37.2. The van der Waals surface area contributed by atoms with Crippen LogP contribution in [0.2, 0.25) is 0 Å². The van der Waals surface area contributed by atoms with E-state index in [1.165, 1.54) is 6.07 Å².